The topological polar surface area (TPSA) is 70.4 Å². The summed E-state index contributed by atoms with van der Waals surface area (Å²) >= 11 is 0. The number of rotatable bonds is 4. The first-order valence-corrected chi connectivity index (χ1v) is 6.79. The van der Waals surface area contributed by atoms with Gasteiger partial charge in [-0.25, -0.2) is 9.48 Å². The highest BCUT2D eigenvalue weighted by atomic mass is 16.3. The number of benzene rings is 1. The minimum Gasteiger partial charge on any atom is -0.394 e. The van der Waals surface area contributed by atoms with E-state index in [1.807, 2.05) is 43.3 Å². The largest absolute Gasteiger partial charge is 0.394 e. The molecule has 2 rings (SSSR count). The molecule has 0 radical (unpaired) electrons. The van der Waals surface area contributed by atoms with Crippen molar-refractivity contribution in [1.82, 2.24) is 14.7 Å². The number of likely N-dealkylation sites (N-methyl/N-ethyl adjacent to an activating group) is 1. The number of aryl methyl sites for hydroxylation is 1. The van der Waals surface area contributed by atoms with Crippen molar-refractivity contribution < 1.29 is 9.90 Å². The Morgan fingerprint density at radius 1 is 1.43 bits per heavy atom. The minimum absolute atomic E-state index is 0.0819. The fraction of sp³-hybridized carbons (Fsp3) is 0.333. The van der Waals surface area contributed by atoms with E-state index in [4.69, 9.17) is 5.11 Å². The van der Waals surface area contributed by atoms with Gasteiger partial charge in [-0.05, 0) is 26.0 Å². The predicted molar refractivity (Wildman–Crippen MR) is 81.6 cm³/mol. The summed E-state index contributed by atoms with van der Waals surface area (Å²) in [5.74, 6) is 0.485. The van der Waals surface area contributed by atoms with Crippen molar-refractivity contribution in [2.45, 2.75) is 19.9 Å². The predicted octanol–water partition coefficient (Wildman–Crippen LogP) is 2.03. The zero-order valence-corrected chi connectivity index (χ0v) is 12.4. The lowest BCUT2D eigenvalue weighted by molar-refractivity contribution is 0.166. The maximum absolute atomic E-state index is 12.0. The Kier molecular flexibility index (Phi) is 4.59. The third kappa shape index (κ3) is 3.41. The van der Waals surface area contributed by atoms with E-state index in [-0.39, 0.29) is 18.7 Å². The van der Waals surface area contributed by atoms with Crippen LogP contribution < -0.4 is 5.32 Å². The lowest BCUT2D eigenvalue weighted by atomic mass is 10.3. The average Bonchev–Trinajstić information content (AvgIpc) is 2.87. The van der Waals surface area contributed by atoms with Crippen molar-refractivity contribution >= 4 is 11.8 Å². The van der Waals surface area contributed by atoms with E-state index in [0.717, 1.165) is 11.4 Å². The highest BCUT2D eigenvalue weighted by Gasteiger charge is 2.16. The molecule has 2 amide bonds. The molecule has 1 heterocycles. The normalized spacial score (nSPS) is 12.0. The second-order valence-corrected chi connectivity index (χ2v) is 4.99. The molecule has 1 unspecified atom stereocenters. The van der Waals surface area contributed by atoms with Gasteiger partial charge in [0, 0.05) is 18.8 Å². The standard InChI is InChI=1S/C15H20N4O2/c1-11-9-14(16-15(21)18(3)12(2)10-20)17-19(11)13-7-5-4-6-8-13/h4-9,12,20H,10H2,1-3H3,(H,16,17,21). The highest BCUT2D eigenvalue weighted by molar-refractivity contribution is 5.88. The van der Waals surface area contributed by atoms with Crippen LogP contribution in [0.4, 0.5) is 10.6 Å². The smallest absolute Gasteiger partial charge is 0.323 e. The maximum atomic E-state index is 12.0. The summed E-state index contributed by atoms with van der Waals surface area (Å²) in [6.07, 6.45) is 0. The van der Waals surface area contributed by atoms with Crippen LogP contribution in [-0.4, -0.2) is 45.5 Å². The number of nitrogens with zero attached hydrogens (tertiary/aromatic N) is 3. The number of carbonyl (C=O) groups excluding carboxylic acids is 1. The Morgan fingerprint density at radius 2 is 2.10 bits per heavy atom. The maximum Gasteiger partial charge on any atom is 0.323 e. The van der Waals surface area contributed by atoms with Crippen LogP contribution in [0.5, 0.6) is 0 Å². The Balaban J connectivity index is 2.15. The summed E-state index contributed by atoms with van der Waals surface area (Å²) in [5, 5.41) is 16.2. The summed E-state index contributed by atoms with van der Waals surface area (Å²) < 4.78 is 1.77. The van der Waals surface area contributed by atoms with Gasteiger partial charge in [0.2, 0.25) is 0 Å². The summed E-state index contributed by atoms with van der Waals surface area (Å²) in [6.45, 7) is 3.62. The van der Waals surface area contributed by atoms with Crippen molar-refractivity contribution in [2.75, 3.05) is 19.0 Å². The van der Waals surface area contributed by atoms with Gasteiger partial charge < -0.3 is 10.0 Å². The summed E-state index contributed by atoms with van der Waals surface area (Å²) in [6, 6.07) is 11.0. The van der Waals surface area contributed by atoms with Crippen molar-refractivity contribution in [1.29, 1.82) is 0 Å². The number of para-hydroxylation sites is 1. The second kappa shape index (κ2) is 6.41. The fourth-order valence-electron chi connectivity index (χ4n) is 1.89. The second-order valence-electron chi connectivity index (χ2n) is 4.99. The van der Waals surface area contributed by atoms with Crippen LogP contribution in [0.1, 0.15) is 12.6 Å². The van der Waals surface area contributed by atoms with E-state index >= 15 is 0 Å². The fourth-order valence-corrected chi connectivity index (χ4v) is 1.89. The molecule has 0 saturated carbocycles. The molecule has 0 aliphatic heterocycles. The monoisotopic (exact) mass is 288 g/mol. The average molecular weight is 288 g/mol. The van der Waals surface area contributed by atoms with Crippen molar-refractivity contribution in [2.24, 2.45) is 0 Å². The van der Waals surface area contributed by atoms with E-state index in [1.54, 1.807) is 18.7 Å². The third-order valence-electron chi connectivity index (χ3n) is 3.37. The molecular formula is C15H20N4O2. The van der Waals surface area contributed by atoms with Crippen molar-refractivity contribution in [3.8, 4) is 5.69 Å². The summed E-state index contributed by atoms with van der Waals surface area (Å²) in [5.41, 5.74) is 1.86. The van der Waals surface area contributed by atoms with Gasteiger partial charge in [0.05, 0.1) is 18.3 Å². The Hall–Kier alpha value is -2.34. The van der Waals surface area contributed by atoms with Crippen LogP contribution in [0.15, 0.2) is 36.4 Å². The SMILES string of the molecule is Cc1cc(NC(=O)N(C)C(C)CO)nn1-c1ccccc1. The number of hydrogen-bond donors (Lipinski definition) is 2. The van der Waals surface area contributed by atoms with E-state index in [1.165, 1.54) is 4.90 Å². The first-order valence-electron chi connectivity index (χ1n) is 6.79. The van der Waals surface area contributed by atoms with Gasteiger partial charge in [0.15, 0.2) is 5.82 Å². The van der Waals surface area contributed by atoms with Crippen LogP contribution in [0.3, 0.4) is 0 Å². The summed E-state index contributed by atoms with van der Waals surface area (Å²) in [4.78, 5) is 13.5. The number of nitrogens with one attached hydrogen (secondary N) is 1. The quantitative estimate of drug-likeness (QED) is 0.904. The Labute approximate surface area is 124 Å². The molecule has 112 valence electrons. The van der Waals surface area contributed by atoms with Crippen molar-refractivity contribution in [3.63, 3.8) is 0 Å². The van der Waals surface area contributed by atoms with Crippen LogP contribution in [-0.2, 0) is 0 Å². The van der Waals surface area contributed by atoms with Gasteiger partial charge in [-0.3, -0.25) is 5.32 Å². The van der Waals surface area contributed by atoms with Gasteiger partial charge in [-0.15, -0.1) is 5.10 Å². The van der Waals surface area contributed by atoms with E-state index in [2.05, 4.69) is 10.4 Å². The third-order valence-corrected chi connectivity index (χ3v) is 3.37. The number of hydrogen-bond acceptors (Lipinski definition) is 3. The molecule has 0 bridgehead atoms. The zero-order chi connectivity index (χ0) is 15.4. The number of aliphatic hydroxyl groups excluding tert-OH is 1. The Bertz CT molecular complexity index is 609. The van der Waals surface area contributed by atoms with Gasteiger partial charge in [0.25, 0.3) is 0 Å². The summed E-state index contributed by atoms with van der Waals surface area (Å²) in [7, 11) is 1.64. The number of aromatic nitrogens is 2. The highest BCUT2D eigenvalue weighted by Crippen LogP contribution is 2.15. The molecule has 0 aliphatic rings. The molecule has 6 nitrogen and oxygen atoms in total. The zero-order valence-electron chi connectivity index (χ0n) is 12.4. The minimum atomic E-state index is -0.297. The van der Waals surface area contributed by atoms with Gasteiger partial charge in [-0.1, -0.05) is 18.2 Å². The molecule has 0 aliphatic carbocycles. The molecule has 6 heteroatoms. The first-order chi connectivity index (χ1) is 10.0. The van der Waals surface area contributed by atoms with Gasteiger partial charge in [0.1, 0.15) is 0 Å². The molecule has 0 spiro atoms. The number of urea groups is 1. The molecule has 21 heavy (non-hydrogen) atoms. The van der Waals surface area contributed by atoms with Crippen LogP contribution in [0, 0.1) is 6.92 Å². The van der Waals surface area contributed by atoms with Gasteiger partial charge in [-0.2, -0.15) is 0 Å². The lowest BCUT2D eigenvalue weighted by Gasteiger charge is -2.22. The van der Waals surface area contributed by atoms with Crippen molar-refractivity contribution in [3.05, 3.63) is 42.1 Å². The molecule has 1 atom stereocenters. The number of aliphatic hydroxyl groups is 1. The number of anilines is 1. The van der Waals surface area contributed by atoms with Crippen LogP contribution >= 0.6 is 0 Å². The number of amides is 2. The Morgan fingerprint density at radius 3 is 2.71 bits per heavy atom. The molecule has 0 fully saturated rings. The van der Waals surface area contributed by atoms with Crippen LogP contribution in [0.25, 0.3) is 5.69 Å². The molecule has 2 aromatic rings. The number of carbonyl (C=O) groups is 1. The molecular weight excluding hydrogens is 268 g/mol. The molecule has 2 N–H and O–H groups in total. The first kappa shape index (κ1) is 15.1. The lowest BCUT2D eigenvalue weighted by Crippen LogP contribution is -2.40. The van der Waals surface area contributed by atoms with Crippen LogP contribution in [0.2, 0.25) is 0 Å². The van der Waals surface area contributed by atoms with E-state index in [9.17, 15) is 4.79 Å². The molecule has 0 saturated heterocycles. The van der Waals surface area contributed by atoms with Gasteiger partial charge >= 0.3 is 6.03 Å². The van der Waals surface area contributed by atoms with E-state index in [0.29, 0.717) is 5.82 Å². The van der Waals surface area contributed by atoms with E-state index < -0.39 is 0 Å². The molecule has 1 aromatic heterocycles. The molecule has 1 aromatic carbocycles.